The molecule has 0 amide bonds. The Morgan fingerprint density at radius 2 is 1.81 bits per heavy atom. The molecule has 1 aromatic carbocycles. The van der Waals surface area contributed by atoms with Gasteiger partial charge in [-0.05, 0) is 35.2 Å². The molecule has 3 aromatic rings. The lowest BCUT2D eigenvalue weighted by atomic mass is 9.87. The lowest BCUT2D eigenvalue weighted by Gasteiger charge is -2.19. The number of sulfonamides is 1. The zero-order chi connectivity index (χ0) is 19.5. The molecule has 27 heavy (non-hydrogen) atoms. The summed E-state index contributed by atoms with van der Waals surface area (Å²) in [5, 5.41) is 7.90. The first kappa shape index (κ1) is 19.2. The van der Waals surface area contributed by atoms with Crippen LogP contribution in [0.3, 0.4) is 0 Å². The van der Waals surface area contributed by atoms with Crippen molar-refractivity contribution in [3.05, 3.63) is 60.2 Å². The smallest absolute Gasteiger partial charge is 0.249 e. The predicted octanol–water partition coefficient (Wildman–Crippen LogP) is 2.95. The second-order valence-electron chi connectivity index (χ2n) is 7.16. The van der Waals surface area contributed by atoms with E-state index in [1.54, 1.807) is 30.6 Å². The summed E-state index contributed by atoms with van der Waals surface area (Å²) in [5.74, 6) is 0.721. The number of hydrogen-bond donors (Lipinski definition) is 1. The van der Waals surface area contributed by atoms with Gasteiger partial charge < -0.3 is 4.42 Å². The molecular formula is C19H22N4O3S. The van der Waals surface area contributed by atoms with E-state index in [0.717, 1.165) is 11.1 Å². The number of rotatable bonds is 6. The highest BCUT2D eigenvalue weighted by Gasteiger charge is 2.18. The highest BCUT2D eigenvalue weighted by Crippen LogP contribution is 2.23. The summed E-state index contributed by atoms with van der Waals surface area (Å²) in [6.07, 6.45) is 3.58. The van der Waals surface area contributed by atoms with E-state index in [0.29, 0.717) is 18.2 Å². The van der Waals surface area contributed by atoms with E-state index in [4.69, 9.17) is 4.42 Å². The molecule has 0 bridgehead atoms. The van der Waals surface area contributed by atoms with E-state index >= 15 is 0 Å². The van der Waals surface area contributed by atoms with Crippen LogP contribution in [0.2, 0.25) is 0 Å². The molecule has 0 aliphatic heterocycles. The van der Waals surface area contributed by atoms with E-state index in [9.17, 15) is 8.42 Å². The summed E-state index contributed by atoms with van der Waals surface area (Å²) in [6, 6.07) is 10.5. The van der Waals surface area contributed by atoms with Crippen LogP contribution >= 0.6 is 0 Å². The van der Waals surface area contributed by atoms with Crippen LogP contribution < -0.4 is 4.72 Å². The molecule has 0 saturated carbocycles. The van der Waals surface area contributed by atoms with Crippen LogP contribution in [-0.2, 0) is 21.9 Å². The van der Waals surface area contributed by atoms with Gasteiger partial charge >= 0.3 is 0 Å². The van der Waals surface area contributed by atoms with Crippen molar-refractivity contribution >= 4 is 10.0 Å². The third-order valence-corrected chi connectivity index (χ3v) is 5.51. The van der Waals surface area contributed by atoms with Gasteiger partial charge in [0.2, 0.25) is 21.8 Å². The second kappa shape index (κ2) is 7.58. The summed E-state index contributed by atoms with van der Waals surface area (Å²) in [7, 11) is -3.59. The molecular weight excluding hydrogens is 364 g/mol. The van der Waals surface area contributed by atoms with Crippen molar-refractivity contribution in [2.24, 2.45) is 0 Å². The molecule has 1 N–H and O–H groups in total. The fraction of sp³-hybridized carbons (Fsp3) is 0.316. The number of benzene rings is 1. The molecule has 0 spiro atoms. The standard InChI is InChI=1S/C19H22N4O3S/c1-19(2,3)15-6-8-16(9-7-15)27(24,25)21-12-10-17-22-23-18(26-17)14-5-4-11-20-13-14/h4-9,11,13,21H,10,12H2,1-3H3. The van der Waals surface area contributed by atoms with Crippen molar-refractivity contribution in [2.45, 2.75) is 37.5 Å². The van der Waals surface area contributed by atoms with E-state index < -0.39 is 10.0 Å². The summed E-state index contributed by atoms with van der Waals surface area (Å²) >= 11 is 0. The van der Waals surface area contributed by atoms with Gasteiger partial charge in [0.15, 0.2) is 0 Å². The molecule has 3 rings (SSSR count). The van der Waals surface area contributed by atoms with Gasteiger partial charge in [0, 0.05) is 25.4 Å². The predicted molar refractivity (Wildman–Crippen MR) is 102 cm³/mol. The fourth-order valence-electron chi connectivity index (χ4n) is 2.47. The van der Waals surface area contributed by atoms with E-state index in [1.165, 1.54) is 0 Å². The van der Waals surface area contributed by atoms with Crippen molar-refractivity contribution in [3.8, 4) is 11.5 Å². The molecule has 0 fully saturated rings. The highest BCUT2D eigenvalue weighted by molar-refractivity contribution is 7.89. The molecule has 2 heterocycles. The van der Waals surface area contributed by atoms with Crippen LogP contribution in [0.4, 0.5) is 0 Å². The molecule has 0 atom stereocenters. The van der Waals surface area contributed by atoms with Crippen molar-refractivity contribution in [2.75, 3.05) is 6.54 Å². The van der Waals surface area contributed by atoms with Crippen molar-refractivity contribution in [1.29, 1.82) is 0 Å². The lowest BCUT2D eigenvalue weighted by molar-refractivity contribution is 0.501. The monoisotopic (exact) mass is 386 g/mol. The Balaban J connectivity index is 1.60. The van der Waals surface area contributed by atoms with Crippen molar-refractivity contribution in [3.63, 3.8) is 0 Å². The van der Waals surface area contributed by atoms with Crippen molar-refractivity contribution < 1.29 is 12.8 Å². The first-order valence-electron chi connectivity index (χ1n) is 8.59. The van der Waals surface area contributed by atoms with Gasteiger partial charge in [0.05, 0.1) is 10.5 Å². The van der Waals surface area contributed by atoms with Crippen molar-refractivity contribution in [1.82, 2.24) is 19.9 Å². The Morgan fingerprint density at radius 1 is 1.07 bits per heavy atom. The normalized spacial score (nSPS) is 12.3. The molecule has 7 nitrogen and oxygen atoms in total. The highest BCUT2D eigenvalue weighted by atomic mass is 32.2. The summed E-state index contributed by atoms with van der Waals surface area (Å²) in [6.45, 7) is 6.41. The third-order valence-electron chi connectivity index (χ3n) is 4.04. The van der Waals surface area contributed by atoms with Gasteiger partial charge in [-0.25, -0.2) is 13.1 Å². The number of aromatic nitrogens is 3. The Bertz CT molecular complexity index is 991. The topological polar surface area (TPSA) is 98.0 Å². The van der Waals surface area contributed by atoms with Crippen LogP contribution in [0.15, 0.2) is 58.1 Å². The van der Waals surface area contributed by atoms with Gasteiger partial charge in [0.25, 0.3) is 0 Å². The van der Waals surface area contributed by atoms with Gasteiger partial charge in [-0.3, -0.25) is 4.98 Å². The Hall–Kier alpha value is -2.58. The average molecular weight is 386 g/mol. The molecule has 0 aliphatic carbocycles. The Morgan fingerprint density at radius 3 is 2.44 bits per heavy atom. The average Bonchev–Trinajstić information content (AvgIpc) is 3.11. The molecule has 8 heteroatoms. The number of hydrogen-bond acceptors (Lipinski definition) is 6. The Kier molecular flexibility index (Phi) is 5.38. The van der Waals surface area contributed by atoms with E-state index in [1.807, 2.05) is 18.2 Å². The SMILES string of the molecule is CC(C)(C)c1ccc(S(=O)(=O)NCCc2nnc(-c3cccnc3)o2)cc1. The summed E-state index contributed by atoms with van der Waals surface area (Å²) in [4.78, 5) is 4.23. The molecule has 0 saturated heterocycles. The largest absolute Gasteiger partial charge is 0.421 e. The Labute approximate surface area is 158 Å². The summed E-state index contributed by atoms with van der Waals surface area (Å²) in [5.41, 5.74) is 1.77. The fourth-order valence-corrected chi connectivity index (χ4v) is 3.50. The minimum atomic E-state index is -3.59. The van der Waals surface area contributed by atoms with Crippen LogP contribution in [0.25, 0.3) is 11.5 Å². The van der Waals surface area contributed by atoms with Gasteiger partial charge in [-0.15, -0.1) is 10.2 Å². The first-order chi connectivity index (χ1) is 12.8. The van der Waals surface area contributed by atoms with E-state index in [2.05, 4.69) is 40.7 Å². The minimum Gasteiger partial charge on any atom is -0.421 e. The number of nitrogens with zero attached hydrogens (tertiary/aromatic N) is 3. The van der Waals surface area contributed by atoms with Crippen LogP contribution in [0, 0.1) is 0 Å². The molecule has 2 aromatic heterocycles. The molecule has 0 radical (unpaired) electrons. The summed E-state index contributed by atoms with van der Waals surface area (Å²) < 4.78 is 33.0. The number of pyridine rings is 1. The quantitative estimate of drug-likeness (QED) is 0.699. The van der Waals surface area contributed by atoms with Crippen LogP contribution in [0.1, 0.15) is 32.2 Å². The third kappa shape index (κ3) is 4.78. The van der Waals surface area contributed by atoms with Gasteiger partial charge in [0.1, 0.15) is 0 Å². The zero-order valence-electron chi connectivity index (χ0n) is 15.5. The lowest BCUT2D eigenvalue weighted by Crippen LogP contribution is -2.26. The van der Waals surface area contributed by atoms with Crippen LogP contribution in [0.5, 0.6) is 0 Å². The molecule has 142 valence electrons. The molecule has 0 aliphatic rings. The number of nitrogens with one attached hydrogen (secondary N) is 1. The maximum absolute atomic E-state index is 12.4. The second-order valence-corrected chi connectivity index (χ2v) is 8.93. The molecule has 0 unspecified atom stereocenters. The maximum atomic E-state index is 12.4. The van der Waals surface area contributed by atoms with Crippen LogP contribution in [-0.4, -0.2) is 30.1 Å². The minimum absolute atomic E-state index is 0.0281. The zero-order valence-corrected chi connectivity index (χ0v) is 16.3. The van der Waals surface area contributed by atoms with Gasteiger partial charge in [-0.1, -0.05) is 32.9 Å². The van der Waals surface area contributed by atoms with Gasteiger partial charge in [-0.2, -0.15) is 0 Å². The maximum Gasteiger partial charge on any atom is 0.249 e. The first-order valence-corrected chi connectivity index (χ1v) is 10.1. The van der Waals surface area contributed by atoms with E-state index in [-0.39, 0.29) is 16.9 Å².